The van der Waals surface area contributed by atoms with Crippen molar-refractivity contribution in [3.8, 4) is 0 Å². The number of hydrogen-bond acceptors (Lipinski definition) is 2. The zero-order valence-corrected chi connectivity index (χ0v) is 10.4. The van der Waals surface area contributed by atoms with E-state index in [9.17, 15) is 4.79 Å². The maximum atomic E-state index is 11.4. The minimum absolute atomic E-state index is 0.0963. The Bertz CT molecular complexity index is 277. The first-order valence-corrected chi connectivity index (χ1v) is 6.16. The zero-order valence-electron chi connectivity index (χ0n) is 6.38. The zero-order chi connectivity index (χ0) is 8.93. The van der Waals surface area contributed by atoms with Gasteiger partial charge in [-0.1, -0.05) is 31.9 Å². The first kappa shape index (κ1) is 9.09. The van der Waals surface area contributed by atoms with Crippen LogP contribution in [0.25, 0.3) is 0 Å². The number of β-lactam (4-membered cyclic amide) rings is 1. The molecule has 0 aliphatic carbocycles. The van der Waals surface area contributed by atoms with Crippen molar-refractivity contribution in [2.24, 2.45) is 0 Å². The van der Waals surface area contributed by atoms with Crippen LogP contribution in [0.2, 0.25) is 0 Å². The molecule has 1 saturated heterocycles. The number of alkyl halides is 2. The molecule has 0 aromatic carbocycles. The van der Waals surface area contributed by atoms with E-state index in [1.165, 1.54) is 5.57 Å². The monoisotopic (exact) mass is 311 g/mol. The standard InChI is InChI=1S/C7H7Br2NOS/c1-4-2-10-5(11)7(8,9)6(10)12-3-4/h2,6H,3H2,1H3. The second-order valence-electron chi connectivity index (χ2n) is 2.97. The van der Waals surface area contributed by atoms with Gasteiger partial charge in [0.1, 0.15) is 5.37 Å². The van der Waals surface area contributed by atoms with Crippen LogP contribution in [0.5, 0.6) is 0 Å². The van der Waals surface area contributed by atoms with Crippen LogP contribution in [0, 0.1) is 0 Å². The summed E-state index contributed by atoms with van der Waals surface area (Å²) in [7, 11) is 0. The van der Waals surface area contributed by atoms with Crippen molar-refractivity contribution >= 4 is 49.5 Å². The minimum Gasteiger partial charge on any atom is -0.302 e. The predicted octanol–water partition coefficient (Wildman–Crippen LogP) is 2.29. The van der Waals surface area contributed by atoms with Crippen LogP contribution in [0.15, 0.2) is 11.8 Å². The number of carbonyl (C=O) groups is 1. The fourth-order valence-corrected chi connectivity index (χ4v) is 4.06. The van der Waals surface area contributed by atoms with Crippen molar-refractivity contribution in [1.29, 1.82) is 0 Å². The molecular weight excluding hydrogens is 306 g/mol. The summed E-state index contributed by atoms with van der Waals surface area (Å²) in [5.41, 5.74) is 1.25. The van der Waals surface area contributed by atoms with Gasteiger partial charge in [-0.2, -0.15) is 0 Å². The van der Waals surface area contributed by atoms with Gasteiger partial charge in [-0.3, -0.25) is 4.79 Å². The van der Waals surface area contributed by atoms with Gasteiger partial charge in [0.2, 0.25) is 0 Å². The van der Waals surface area contributed by atoms with Gasteiger partial charge >= 0.3 is 0 Å². The van der Waals surface area contributed by atoms with E-state index in [0.717, 1.165) is 5.75 Å². The number of nitrogens with zero attached hydrogens (tertiary/aromatic N) is 1. The van der Waals surface area contributed by atoms with E-state index in [0.29, 0.717) is 0 Å². The first-order valence-electron chi connectivity index (χ1n) is 3.53. The van der Waals surface area contributed by atoms with Gasteiger partial charge in [0, 0.05) is 12.0 Å². The molecule has 2 nitrogen and oxygen atoms in total. The van der Waals surface area contributed by atoms with Gasteiger partial charge in [-0.05, 0) is 12.5 Å². The van der Waals surface area contributed by atoms with Crippen molar-refractivity contribution in [2.75, 3.05) is 5.75 Å². The van der Waals surface area contributed by atoms with Crippen molar-refractivity contribution in [1.82, 2.24) is 4.90 Å². The van der Waals surface area contributed by atoms with Crippen molar-refractivity contribution in [3.05, 3.63) is 11.8 Å². The Labute approximate surface area is 92.0 Å². The quantitative estimate of drug-likeness (QED) is 0.505. The highest BCUT2D eigenvalue weighted by Gasteiger charge is 2.58. The first-order chi connectivity index (χ1) is 5.53. The largest absolute Gasteiger partial charge is 0.302 e. The maximum Gasteiger partial charge on any atom is 0.258 e. The molecular formula is C7H7Br2NOS. The lowest BCUT2D eigenvalue weighted by Gasteiger charge is -2.49. The van der Waals surface area contributed by atoms with E-state index >= 15 is 0 Å². The normalized spacial score (nSPS) is 32.2. The molecule has 0 aromatic rings. The van der Waals surface area contributed by atoms with E-state index in [1.54, 1.807) is 16.7 Å². The second kappa shape index (κ2) is 2.75. The number of halogens is 2. The van der Waals surface area contributed by atoms with Crippen LogP contribution in [0.4, 0.5) is 0 Å². The predicted molar refractivity (Wildman–Crippen MR) is 57.4 cm³/mol. The molecule has 1 unspecified atom stereocenters. The number of fused-ring (bicyclic) bond motifs is 1. The van der Waals surface area contributed by atoms with Gasteiger partial charge in [0.15, 0.2) is 3.23 Å². The molecule has 2 rings (SSSR count). The van der Waals surface area contributed by atoms with Crippen molar-refractivity contribution in [2.45, 2.75) is 15.5 Å². The Kier molecular flexibility index (Phi) is 2.09. The van der Waals surface area contributed by atoms with E-state index in [1.807, 2.05) is 13.1 Å². The Hall–Kier alpha value is 0.520. The molecule has 0 saturated carbocycles. The summed E-state index contributed by atoms with van der Waals surface area (Å²) in [6, 6.07) is 0. The summed E-state index contributed by atoms with van der Waals surface area (Å²) in [5, 5.41) is 0.216. The topological polar surface area (TPSA) is 20.3 Å². The number of carbonyl (C=O) groups excluding carboxylic acids is 1. The summed E-state index contributed by atoms with van der Waals surface area (Å²) in [5.74, 6) is 1.10. The minimum atomic E-state index is -0.512. The molecule has 66 valence electrons. The molecule has 0 aromatic heterocycles. The molecule has 0 spiro atoms. The highest BCUT2D eigenvalue weighted by Crippen LogP contribution is 2.51. The fourth-order valence-electron chi connectivity index (χ4n) is 1.29. The van der Waals surface area contributed by atoms with Crippen LogP contribution in [-0.2, 0) is 4.79 Å². The average Bonchev–Trinajstić information content (AvgIpc) is 2.03. The van der Waals surface area contributed by atoms with E-state index in [4.69, 9.17) is 0 Å². The average molecular weight is 313 g/mol. The Balaban J connectivity index is 2.26. The number of amides is 1. The second-order valence-corrected chi connectivity index (χ2v) is 7.61. The van der Waals surface area contributed by atoms with Crippen molar-refractivity contribution < 1.29 is 4.79 Å². The van der Waals surface area contributed by atoms with E-state index in [2.05, 4.69) is 31.9 Å². The highest BCUT2D eigenvalue weighted by atomic mass is 79.9. The Morgan fingerprint density at radius 1 is 1.75 bits per heavy atom. The van der Waals surface area contributed by atoms with Gasteiger partial charge in [-0.25, -0.2) is 0 Å². The third-order valence-electron chi connectivity index (χ3n) is 1.91. The van der Waals surface area contributed by atoms with Gasteiger partial charge in [-0.15, -0.1) is 11.8 Å². The SMILES string of the molecule is CC1=CN2C(=O)C(Br)(Br)C2SC1. The van der Waals surface area contributed by atoms with Crippen LogP contribution in [0.3, 0.4) is 0 Å². The van der Waals surface area contributed by atoms with Crippen LogP contribution >= 0.6 is 43.6 Å². The lowest BCUT2D eigenvalue weighted by atomic mass is 10.2. The number of rotatable bonds is 0. The Morgan fingerprint density at radius 3 is 3.08 bits per heavy atom. The molecule has 0 radical (unpaired) electrons. The summed E-state index contributed by atoms with van der Waals surface area (Å²) in [6.45, 7) is 2.04. The summed E-state index contributed by atoms with van der Waals surface area (Å²) in [6.07, 6.45) is 1.93. The molecule has 1 amide bonds. The van der Waals surface area contributed by atoms with Crippen LogP contribution in [0.1, 0.15) is 6.92 Å². The molecule has 2 aliphatic heterocycles. The van der Waals surface area contributed by atoms with Crippen LogP contribution in [-0.4, -0.2) is 25.2 Å². The lowest BCUT2D eigenvalue weighted by molar-refractivity contribution is -0.137. The van der Waals surface area contributed by atoms with Crippen molar-refractivity contribution in [3.63, 3.8) is 0 Å². The fraction of sp³-hybridized carbons (Fsp3) is 0.571. The van der Waals surface area contributed by atoms with Gasteiger partial charge in [0.05, 0.1) is 0 Å². The third-order valence-corrected chi connectivity index (χ3v) is 5.58. The lowest BCUT2D eigenvalue weighted by Crippen LogP contribution is -2.64. The Morgan fingerprint density at radius 2 is 2.42 bits per heavy atom. The molecule has 2 aliphatic rings. The molecule has 2 heterocycles. The third kappa shape index (κ3) is 1.09. The van der Waals surface area contributed by atoms with Gasteiger partial charge < -0.3 is 4.90 Å². The smallest absolute Gasteiger partial charge is 0.258 e. The van der Waals surface area contributed by atoms with Gasteiger partial charge in [0.25, 0.3) is 5.91 Å². The molecule has 0 bridgehead atoms. The molecule has 5 heteroatoms. The molecule has 1 atom stereocenters. The molecule has 1 fully saturated rings. The summed E-state index contributed by atoms with van der Waals surface area (Å²) < 4.78 is -0.512. The molecule has 12 heavy (non-hydrogen) atoms. The van der Waals surface area contributed by atoms with E-state index in [-0.39, 0.29) is 11.3 Å². The highest BCUT2D eigenvalue weighted by molar-refractivity contribution is 9.26. The maximum absolute atomic E-state index is 11.4. The molecule has 0 N–H and O–H groups in total. The van der Waals surface area contributed by atoms with E-state index < -0.39 is 3.23 Å². The number of thioether (sulfide) groups is 1. The summed E-state index contributed by atoms with van der Waals surface area (Å²) >= 11 is 8.51. The van der Waals surface area contributed by atoms with Crippen LogP contribution < -0.4 is 0 Å². The summed E-state index contributed by atoms with van der Waals surface area (Å²) in [4.78, 5) is 13.2. The number of hydrogen-bond donors (Lipinski definition) is 0.